The Hall–Kier alpha value is -1.22. The molecule has 0 saturated carbocycles. The van der Waals surface area contributed by atoms with E-state index >= 15 is 0 Å². The SMILES string of the molecule is CC1(C)OCc2cc(O)ccc2O1. The molecular weight excluding hydrogens is 168 g/mol. The van der Waals surface area contributed by atoms with E-state index in [2.05, 4.69) is 0 Å². The first-order chi connectivity index (χ1) is 6.07. The Labute approximate surface area is 76.9 Å². The number of rotatable bonds is 0. The lowest BCUT2D eigenvalue weighted by molar-refractivity contribution is -0.180. The van der Waals surface area contributed by atoms with Crippen molar-refractivity contribution in [2.75, 3.05) is 0 Å². The third kappa shape index (κ3) is 1.60. The summed E-state index contributed by atoms with van der Waals surface area (Å²) in [6, 6.07) is 5.03. The maximum Gasteiger partial charge on any atom is 0.205 e. The molecule has 2 rings (SSSR count). The highest BCUT2D eigenvalue weighted by molar-refractivity contribution is 5.40. The largest absolute Gasteiger partial charge is 0.508 e. The molecule has 0 fully saturated rings. The van der Waals surface area contributed by atoms with Gasteiger partial charge in [0.1, 0.15) is 11.5 Å². The minimum absolute atomic E-state index is 0.241. The fourth-order valence-corrected chi connectivity index (χ4v) is 1.32. The molecule has 0 unspecified atom stereocenters. The Morgan fingerprint density at radius 3 is 2.92 bits per heavy atom. The number of fused-ring (bicyclic) bond motifs is 1. The molecule has 70 valence electrons. The van der Waals surface area contributed by atoms with Crippen molar-refractivity contribution in [2.45, 2.75) is 26.2 Å². The summed E-state index contributed by atoms with van der Waals surface area (Å²) in [6.45, 7) is 4.21. The third-order valence-corrected chi connectivity index (χ3v) is 1.98. The van der Waals surface area contributed by atoms with Crippen molar-refractivity contribution in [3.05, 3.63) is 23.8 Å². The molecule has 0 aromatic heterocycles. The van der Waals surface area contributed by atoms with E-state index in [1.54, 1.807) is 18.2 Å². The van der Waals surface area contributed by atoms with Crippen LogP contribution in [0, 0.1) is 0 Å². The molecular formula is C10H12O3. The van der Waals surface area contributed by atoms with Crippen LogP contribution >= 0.6 is 0 Å². The van der Waals surface area contributed by atoms with E-state index in [9.17, 15) is 5.11 Å². The third-order valence-electron chi connectivity index (χ3n) is 1.98. The Morgan fingerprint density at radius 2 is 2.15 bits per heavy atom. The van der Waals surface area contributed by atoms with Gasteiger partial charge in [-0.05, 0) is 18.2 Å². The molecule has 1 aromatic carbocycles. The van der Waals surface area contributed by atoms with Gasteiger partial charge in [-0.1, -0.05) is 0 Å². The van der Waals surface area contributed by atoms with Gasteiger partial charge in [-0.3, -0.25) is 0 Å². The quantitative estimate of drug-likeness (QED) is 0.664. The van der Waals surface area contributed by atoms with Crippen molar-refractivity contribution < 1.29 is 14.6 Å². The lowest BCUT2D eigenvalue weighted by Gasteiger charge is -2.32. The summed E-state index contributed by atoms with van der Waals surface area (Å²) >= 11 is 0. The fourth-order valence-electron chi connectivity index (χ4n) is 1.32. The summed E-state index contributed by atoms with van der Waals surface area (Å²) in [7, 11) is 0. The summed E-state index contributed by atoms with van der Waals surface area (Å²) < 4.78 is 11.0. The minimum atomic E-state index is -0.566. The Morgan fingerprint density at radius 1 is 1.38 bits per heavy atom. The summed E-state index contributed by atoms with van der Waals surface area (Å²) in [5, 5.41) is 9.21. The van der Waals surface area contributed by atoms with Crippen molar-refractivity contribution in [2.24, 2.45) is 0 Å². The highest BCUT2D eigenvalue weighted by Gasteiger charge is 2.27. The summed E-state index contributed by atoms with van der Waals surface area (Å²) in [5.74, 6) is 0.462. The van der Waals surface area contributed by atoms with Crippen LogP contribution in [0.3, 0.4) is 0 Å². The average Bonchev–Trinajstić information content (AvgIpc) is 2.05. The number of benzene rings is 1. The number of hydrogen-bond acceptors (Lipinski definition) is 3. The van der Waals surface area contributed by atoms with E-state index < -0.39 is 5.79 Å². The van der Waals surface area contributed by atoms with Crippen molar-refractivity contribution in [3.8, 4) is 11.5 Å². The molecule has 13 heavy (non-hydrogen) atoms. The maximum atomic E-state index is 9.21. The smallest absolute Gasteiger partial charge is 0.205 e. The topological polar surface area (TPSA) is 38.7 Å². The zero-order chi connectivity index (χ0) is 9.47. The van der Waals surface area contributed by atoms with Crippen LogP contribution in [-0.4, -0.2) is 10.9 Å². The van der Waals surface area contributed by atoms with Crippen LogP contribution in [0.4, 0.5) is 0 Å². The molecule has 1 N–H and O–H groups in total. The van der Waals surface area contributed by atoms with Crippen molar-refractivity contribution in [1.29, 1.82) is 0 Å². The van der Waals surface area contributed by atoms with Gasteiger partial charge < -0.3 is 14.6 Å². The lowest BCUT2D eigenvalue weighted by Crippen LogP contribution is -2.35. The zero-order valence-electron chi connectivity index (χ0n) is 7.70. The number of phenols is 1. The average molecular weight is 180 g/mol. The molecule has 3 heteroatoms. The van der Waals surface area contributed by atoms with Crippen LogP contribution in [0.25, 0.3) is 0 Å². The molecule has 1 aliphatic rings. The van der Waals surface area contributed by atoms with Crippen LogP contribution in [0.15, 0.2) is 18.2 Å². The molecule has 3 nitrogen and oxygen atoms in total. The van der Waals surface area contributed by atoms with Crippen molar-refractivity contribution >= 4 is 0 Å². The molecule has 0 saturated heterocycles. The van der Waals surface area contributed by atoms with Gasteiger partial charge in [0.25, 0.3) is 0 Å². The minimum Gasteiger partial charge on any atom is -0.508 e. The first-order valence-corrected chi connectivity index (χ1v) is 4.22. The van der Waals surface area contributed by atoms with Crippen molar-refractivity contribution in [3.63, 3.8) is 0 Å². The number of hydrogen-bond donors (Lipinski definition) is 1. The molecule has 0 amide bonds. The first-order valence-electron chi connectivity index (χ1n) is 4.22. The fraction of sp³-hybridized carbons (Fsp3) is 0.400. The maximum absolute atomic E-state index is 9.21. The van der Waals surface area contributed by atoms with Gasteiger partial charge in [-0.15, -0.1) is 0 Å². The standard InChI is InChI=1S/C10H12O3/c1-10(2)12-6-7-5-8(11)3-4-9(7)13-10/h3-5,11H,6H2,1-2H3. The van der Waals surface area contributed by atoms with Gasteiger partial charge >= 0.3 is 0 Å². The summed E-state index contributed by atoms with van der Waals surface area (Å²) in [5.41, 5.74) is 0.888. The number of ether oxygens (including phenoxy) is 2. The van der Waals surface area contributed by atoms with Crippen LogP contribution in [0.2, 0.25) is 0 Å². The normalized spacial score (nSPS) is 18.9. The van der Waals surface area contributed by atoms with Crippen LogP contribution in [-0.2, 0) is 11.3 Å². The zero-order valence-corrected chi connectivity index (χ0v) is 7.70. The first kappa shape index (κ1) is 8.38. The van der Waals surface area contributed by atoms with Crippen LogP contribution < -0.4 is 4.74 Å². The van der Waals surface area contributed by atoms with Crippen LogP contribution in [0.1, 0.15) is 19.4 Å². The van der Waals surface area contributed by atoms with E-state index in [4.69, 9.17) is 9.47 Å². The number of phenolic OH excluding ortho intramolecular Hbond substituents is 1. The molecule has 0 spiro atoms. The van der Waals surface area contributed by atoms with Gasteiger partial charge in [0.15, 0.2) is 0 Å². The Bertz CT molecular complexity index is 331. The number of aromatic hydroxyl groups is 1. The second-order valence-electron chi connectivity index (χ2n) is 3.58. The Kier molecular flexibility index (Phi) is 1.70. The second-order valence-corrected chi connectivity index (χ2v) is 3.58. The van der Waals surface area contributed by atoms with E-state index in [-0.39, 0.29) is 5.75 Å². The van der Waals surface area contributed by atoms with E-state index in [0.29, 0.717) is 6.61 Å². The molecule has 0 radical (unpaired) electrons. The van der Waals surface area contributed by atoms with Gasteiger partial charge in [0.05, 0.1) is 6.61 Å². The predicted octanol–water partition coefficient (Wildman–Crippen LogP) is 2.04. The van der Waals surface area contributed by atoms with E-state index in [0.717, 1.165) is 11.3 Å². The predicted molar refractivity (Wildman–Crippen MR) is 47.6 cm³/mol. The molecule has 0 atom stereocenters. The Balaban J connectivity index is 2.37. The molecule has 1 aliphatic heterocycles. The van der Waals surface area contributed by atoms with E-state index in [1.807, 2.05) is 13.8 Å². The highest BCUT2D eigenvalue weighted by atomic mass is 16.7. The lowest BCUT2D eigenvalue weighted by atomic mass is 10.1. The van der Waals surface area contributed by atoms with Gasteiger partial charge in [-0.25, -0.2) is 0 Å². The summed E-state index contributed by atoms with van der Waals surface area (Å²) in [6.07, 6.45) is 0. The highest BCUT2D eigenvalue weighted by Crippen LogP contribution is 2.32. The molecule has 1 aromatic rings. The molecule has 0 aliphatic carbocycles. The van der Waals surface area contributed by atoms with Crippen LogP contribution in [0.5, 0.6) is 11.5 Å². The van der Waals surface area contributed by atoms with Gasteiger partial charge in [0, 0.05) is 19.4 Å². The van der Waals surface area contributed by atoms with Crippen molar-refractivity contribution in [1.82, 2.24) is 0 Å². The summed E-state index contributed by atoms with van der Waals surface area (Å²) in [4.78, 5) is 0. The van der Waals surface area contributed by atoms with E-state index in [1.165, 1.54) is 0 Å². The van der Waals surface area contributed by atoms with Gasteiger partial charge in [0.2, 0.25) is 5.79 Å². The molecule has 1 heterocycles. The van der Waals surface area contributed by atoms with Gasteiger partial charge in [-0.2, -0.15) is 0 Å². The monoisotopic (exact) mass is 180 g/mol. The molecule has 0 bridgehead atoms. The second kappa shape index (κ2) is 2.64.